The molecular formula is C12H11ClF2N4O2. The molecule has 2 aromatic rings. The van der Waals surface area contributed by atoms with Crippen LogP contribution in [0.4, 0.5) is 20.2 Å². The average Bonchev–Trinajstić information content (AvgIpc) is 2.84. The van der Waals surface area contributed by atoms with Crippen molar-refractivity contribution in [2.75, 3.05) is 12.4 Å². The van der Waals surface area contributed by atoms with Gasteiger partial charge in [0.15, 0.2) is 0 Å². The monoisotopic (exact) mass is 316 g/mol. The Morgan fingerprint density at radius 3 is 2.95 bits per heavy atom. The normalized spacial score (nSPS) is 10.7. The molecule has 0 atom stereocenters. The van der Waals surface area contributed by atoms with Crippen molar-refractivity contribution in [2.24, 2.45) is 0 Å². The van der Waals surface area contributed by atoms with Gasteiger partial charge in [0.2, 0.25) is 0 Å². The Kier molecular flexibility index (Phi) is 4.69. The molecule has 0 bridgehead atoms. The second kappa shape index (κ2) is 6.49. The minimum Gasteiger partial charge on any atom is -0.465 e. The summed E-state index contributed by atoms with van der Waals surface area (Å²) in [4.78, 5) is 15.4. The van der Waals surface area contributed by atoms with Gasteiger partial charge in [0.1, 0.15) is 17.3 Å². The van der Waals surface area contributed by atoms with Crippen LogP contribution in [0.5, 0.6) is 0 Å². The highest BCUT2D eigenvalue weighted by molar-refractivity contribution is 6.29. The van der Waals surface area contributed by atoms with Gasteiger partial charge < -0.3 is 10.1 Å². The molecular weight excluding hydrogens is 306 g/mol. The molecule has 2 aromatic heterocycles. The molecule has 0 saturated carbocycles. The third kappa shape index (κ3) is 3.88. The number of hydrogen-bond donors (Lipinski definition) is 1. The van der Waals surface area contributed by atoms with Crippen LogP contribution in [0.1, 0.15) is 10.4 Å². The lowest BCUT2D eigenvalue weighted by atomic mass is 10.2. The maximum atomic E-state index is 12.3. The lowest BCUT2D eigenvalue weighted by Gasteiger charge is -2.09. The van der Waals surface area contributed by atoms with Crippen LogP contribution >= 0.6 is 11.6 Å². The number of nitrogens with one attached hydrogen (secondary N) is 1. The number of anilines is 2. The average molecular weight is 317 g/mol. The number of nitrogens with zero attached hydrogens (tertiary/aromatic N) is 3. The largest absolute Gasteiger partial charge is 0.465 e. The summed E-state index contributed by atoms with van der Waals surface area (Å²) in [6, 6.07) is 1.43. The smallest absolute Gasteiger partial charge is 0.341 e. The fourth-order valence-electron chi connectivity index (χ4n) is 1.63. The molecule has 9 heteroatoms. The van der Waals surface area contributed by atoms with Gasteiger partial charge in [-0.05, 0) is 6.07 Å². The summed E-state index contributed by atoms with van der Waals surface area (Å²) in [5, 5.41) is 6.82. The van der Waals surface area contributed by atoms with E-state index in [4.69, 9.17) is 11.6 Å². The van der Waals surface area contributed by atoms with Crippen molar-refractivity contribution in [1.82, 2.24) is 14.8 Å². The zero-order valence-electron chi connectivity index (χ0n) is 10.9. The van der Waals surface area contributed by atoms with E-state index in [9.17, 15) is 13.6 Å². The van der Waals surface area contributed by atoms with Crippen LogP contribution in [0, 0.1) is 0 Å². The van der Waals surface area contributed by atoms with E-state index >= 15 is 0 Å². The highest BCUT2D eigenvalue weighted by atomic mass is 35.5. The summed E-state index contributed by atoms with van der Waals surface area (Å²) < 4.78 is 30.2. The quantitative estimate of drug-likeness (QED) is 0.678. The number of rotatable bonds is 5. The zero-order chi connectivity index (χ0) is 15.4. The van der Waals surface area contributed by atoms with Crippen LogP contribution in [-0.4, -0.2) is 34.3 Å². The van der Waals surface area contributed by atoms with Crippen molar-refractivity contribution in [3.05, 3.63) is 35.4 Å². The lowest BCUT2D eigenvalue weighted by Crippen LogP contribution is -2.07. The topological polar surface area (TPSA) is 69.0 Å². The zero-order valence-corrected chi connectivity index (χ0v) is 11.6. The highest BCUT2D eigenvalue weighted by Gasteiger charge is 2.14. The molecule has 2 rings (SSSR count). The number of ether oxygens (including phenoxy) is 1. The van der Waals surface area contributed by atoms with E-state index in [1.165, 1.54) is 31.8 Å². The van der Waals surface area contributed by atoms with E-state index in [0.29, 0.717) is 11.4 Å². The molecule has 0 spiro atoms. The minimum atomic E-state index is -2.50. The number of aromatic nitrogens is 3. The summed E-state index contributed by atoms with van der Waals surface area (Å²) in [6.07, 6.45) is 1.51. The predicted octanol–water partition coefficient (Wildman–Crippen LogP) is 2.73. The summed E-state index contributed by atoms with van der Waals surface area (Å²) in [6.45, 7) is -0.511. The van der Waals surface area contributed by atoms with Gasteiger partial charge >= 0.3 is 5.97 Å². The first-order valence-electron chi connectivity index (χ1n) is 5.81. The second-order valence-corrected chi connectivity index (χ2v) is 4.40. The third-order valence-electron chi connectivity index (χ3n) is 2.51. The number of hydrogen-bond acceptors (Lipinski definition) is 5. The molecule has 0 aromatic carbocycles. The molecule has 0 saturated heterocycles. The van der Waals surface area contributed by atoms with E-state index in [2.05, 4.69) is 20.1 Å². The molecule has 2 heterocycles. The van der Waals surface area contributed by atoms with E-state index in [0.717, 1.165) is 4.68 Å². The fourth-order valence-corrected chi connectivity index (χ4v) is 1.79. The van der Waals surface area contributed by atoms with Crippen molar-refractivity contribution in [1.29, 1.82) is 0 Å². The number of carbonyl (C=O) groups excluding carboxylic acids is 1. The van der Waals surface area contributed by atoms with Crippen molar-refractivity contribution >= 4 is 28.9 Å². The molecule has 6 nitrogen and oxygen atoms in total. The molecule has 0 aliphatic rings. The minimum absolute atomic E-state index is 0.170. The van der Waals surface area contributed by atoms with Gasteiger partial charge in [0.05, 0.1) is 24.7 Å². The van der Waals surface area contributed by atoms with Gasteiger partial charge in [0, 0.05) is 12.4 Å². The molecule has 0 aliphatic carbocycles. The molecule has 21 heavy (non-hydrogen) atoms. The van der Waals surface area contributed by atoms with Crippen molar-refractivity contribution < 1.29 is 18.3 Å². The predicted molar refractivity (Wildman–Crippen MR) is 72.1 cm³/mol. The Morgan fingerprint density at radius 2 is 2.29 bits per heavy atom. The maximum Gasteiger partial charge on any atom is 0.341 e. The molecule has 112 valence electrons. The molecule has 0 radical (unpaired) electrons. The van der Waals surface area contributed by atoms with Crippen molar-refractivity contribution in [3.8, 4) is 0 Å². The van der Waals surface area contributed by atoms with Gasteiger partial charge in [-0.3, -0.25) is 4.68 Å². The number of methoxy groups -OCH3 is 1. The van der Waals surface area contributed by atoms with E-state index in [-0.39, 0.29) is 10.7 Å². The first kappa shape index (κ1) is 15.2. The standard InChI is InChI=1S/C12H11ClF2N4O2/c1-21-12(20)8-4-16-10(13)2-9(8)18-7-3-17-19(5-7)6-11(14)15/h2-5,11H,6H2,1H3,(H,16,18). The summed E-state index contributed by atoms with van der Waals surface area (Å²) in [7, 11) is 1.24. The third-order valence-corrected chi connectivity index (χ3v) is 2.72. The van der Waals surface area contributed by atoms with Gasteiger partial charge in [-0.15, -0.1) is 0 Å². The molecule has 0 aliphatic heterocycles. The number of halogens is 3. The van der Waals surface area contributed by atoms with E-state index in [1.54, 1.807) is 0 Å². The number of carbonyl (C=O) groups is 1. The SMILES string of the molecule is COC(=O)c1cnc(Cl)cc1Nc1cnn(CC(F)F)c1. The van der Waals surface area contributed by atoms with Crippen LogP contribution in [0.25, 0.3) is 0 Å². The second-order valence-electron chi connectivity index (χ2n) is 4.01. The Balaban J connectivity index is 2.24. The van der Waals surface area contributed by atoms with Crippen LogP contribution in [0.2, 0.25) is 5.15 Å². The summed E-state index contributed by atoms with van der Waals surface area (Å²) in [5.41, 5.74) is 0.949. The van der Waals surface area contributed by atoms with Gasteiger partial charge in [-0.25, -0.2) is 18.6 Å². The van der Waals surface area contributed by atoms with Crippen LogP contribution in [-0.2, 0) is 11.3 Å². The highest BCUT2D eigenvalue weighted by Crippen LogP contribution is 2.23. The van der Waals surface area contributed by atoms with E-state index in [1.807, 2.05) is 0 Å². The fraction of sp³-hybridized carbons (Fsp3) is 0.250. The lowest BCUT2D eigenvalue weighted by molar-refractivity contribution is 0.0601. The Morgan fingerprint density at radius 1 is 1.52 bits per heavy atom. The molecule has 0 fully saturated rings. The van der Waals surface area contributed by atoms with E-state index < -0.39 is 18.9 Å². The number of esters is 1. The van der Waals surface area contributed by atoms with Gasteiger partial charge in [-0.2, -0.15) is 5.10 Å². The number of alkyl halides is 2. The van der Waals surface area contributed by atoms with Gasteiger partial charge in [-0.1, -0.05) is 11.6 Å². The van der Waals surface area contributed by atoms with Crippen molar-refractivity contribution in [3.63, 3.8) is 0 Å². The maximum absolute atomic E-state index is 12.3. The first-order valence-corrected chi connectivity index (χ1v) is 6.19. The van der Waals surface area contributed by atoms with Crippen LogP contribution < -0.4 is 5.32 Å². The van der Waals surface area contributed by atoms with Crippen molar-refractivity contribution in [2.45, 2.75) is 13.0 Å². The molecule has 0 amide bonds. The number of pyridine rings is 1. The van der Waals surface area contributed by atoms with Crippen LogP contribution in [0.15, 0.2) is 24.7 Å². The summed E-state index contributed by atoms with van der Waals surface area (Å²) >= 11 is 5.78. The summed E-state index contributed by atoms with van der Waals surface area (Å²) in [5.74, 6) is -0.596. The molecule has 0 unspecified atom stereocenters. The van der Waals surface area contributed by atoms with Crippen LogP contribution in [0.3, 0.4) is 0 Å². The Bertz CT molecular complexity index is 648. The van der Waals surface area contributed by atoms with Gasteiger partial charge in [0.25, 0.3) is 6.43 Å². The Hall–Kier alpha value is -2.22. The molecule has 1 N–H and O–H groups in total. The first-order chi connectivity index (χ1) is 9.99. The Labute approximate surface area is 123 Å².